The Hall–Kier alpha value is -0.860. The summed E-state index contributed by atoms with van der Waals surface area (Å²) in [6, 6.07) is 3.90. The Labute approximate surface area is 95.6 Å². The summed E-state index contributed by atoms with van der Waals surface area (Å²) in [5.41, 5.74) is 2.60. The largest absolute Gasteiger partial charge is 0.300 e. The van der Waals surface area contributed by atoms with E-state index >= 15 is 0 Å². The van der Waals surface area contributed by atoms with Crippen molar-refractivity contribution in [3.8, 4) is 0 Å². The molecule has 0 atom stereocenters. The molecule has 0 amide bonds. The Morgan fingerprint density at radius 3 is 2.87 bits per heavy atom. The molecule has 0 aliphatic carbocycles. The molecule has 80 valence electrons. The molecular formula is C12H15ClN2. The number of hydrogen-bond acceptors (Lipinski definition) is 2. The van der Waals surface area contributed by atoms with Gasteiger partial charge in [-0.15, -0.1) is 0 Å². The molecule has 1 aliphatic rings. The van der Waals surface area contributed by atoms with Gasteiger partial charge in [0.15, 0.2) is 0 Å². The van der Waals surface area contributed by atoms with E-state index < -0.39 is 0 Å². The van der Waals surface area contributed by atoms with Crippen molar-refractivity contribution < 1.29 is 0 Å². The molecule has 0 N–H and O–H groups in total. The average Bonchev–Trinajstić information content (AvgIpc) is 2.30. The summed E-state index contributed by atoms with van der Waals surface area (Å²) in [4.78, 5) is 6.53. The van der Waals surface area contributed by atoms with Gasteiger partial charge in [0.25, 0.3) is 0 Å². The van der Waals surface area contributed by atoms with Gasteiger partial charge in [-0.25, -0.2) is 4.98 Å². The van der Waals surface area contributed by atoms with Crippen molar-refractivity contribution in [3.63, 3.8) is 0 Å². The van der Waals surface area contributed by atoms with Crippen molar-refractivity contribution >= 4 is 17.2 Å². The predicted octanol–water partition coefficient (Wildman–Crippen LogP) is 2.84. The van der Waals surface area contributed by atoms with E-state index in [0.29, 0.717) is 5.15 Å². The molecule has 0 aromatic carbocycles. The molecule has 2 heterocycles. The van der Waals surface area contributed by atoms with E-state index in [9.17, 15) is 0 Å². The van der Waals surface area contributed by atoms with Crippen LogP contribution in [0.15, 0.2) is 24.4 Å². The second-order valence-electron chi connectivity index (χ2n) is 3.74. The van der Waals surface area contributed by atoms with Crippen LogP contribution in [0.5, 0.6) is 0 Å². The van der Waals surface area contributed by atoms with Crippen LogP contribution in [0.2, 0.25) is 5.15 Å². The van der Waals surface area contributed by atoms with Crippen molar-refractivity contribution in [2.24, 2.45) is 0 Å². The number of halogens is 1. The minimum absolute atomic E-state index is 0.561. The zero-order valence-electron chi connectivity index (χ0n) is 8.91. The molecule has 0 unspecified atom stereocenters. The fourth-order valence-corrected chi connectivity index (χ4v) is 1.94. The summed E-state index contributed by atoms with van der Waals surface area (Å²) in [5, 5.41) is 0.561. The number of rotatable bonds is 2. The molecule has 2 rings (SSSR count). The van der Waals surface area contributed by atoms with Crippen LogP contribution < -0.4 is 0 Å². The van der Waals surface area contributed by atoms with Crippen molar-refractivity contribution in [1.29, 1.82) is 0 Å². The Morgan fingerprint density at radius 1 is 1.47 bits per heavy atom. The maximum atomic E-state index is 5.76. The van der Waals surface area contributed by atoms with Crippen LogP contribution in [-0.4, -0.2) is 29.5 Å². The molecule has 3 heteroatoms. The first-order valence-corrected chi connectivity index (χ1v) is 5.70. The highest BCUT2D eigenvalue weighted by atomic mass is 35.5. The summed E-state index contributed by atoms with van der Waals surface area (Å²) < 4.78 is 0. The molecule has 0 saturated heterocycles. The monoisotopic (exact) mass is 222 g/mol. The van der Waals surface area contributed by atoms with Gasteiger partial charge in [0.05, 0.1) is 0 Å². The quantitative estimate of drug-likeness (QED) is 0.716. The lowest BCUT2D eigenvalue weighted by atomic mass is 10.0. The second kappa shape index (κ2) is 4.77. The smallest absolute Gasteiger partial charge is 0.129 e. The summed E-state index contributed by atoms with van der Waals surface area (Å²) in [7, 11) is 0. The van der Waals surface area contributed by atoms with E-state index in [1.165, 1.54) is 11.1 Å². The highest BCUT2D eigenvalue weighted by Crippen LogP contribution is 2.22. The molecule has 0 spiro atoms. The Balaban J connectivity index is 2.12. The third kappa shape index (κ3) is 2.58. The van der Waals surface area contributed by atoms with Crippen LogP contribution in [0, 0.1) is 0 Å². The Kier molecular flexibility index (Phi) is 3.39. The van der Waals surface area contributed by atoms with Gasteiger partial charge in [0.1, 0.15) is 5.15 Å². The van der Waals surface area contributed by atoms with Crippen LogP contribution >= 0.6 is 11.6 Å². The SMILES string of the molecule is CCN1CC=C(c2ccc(Cl)nc2)CC1. The zero-order chi connectivity index (χ0) is 10.7. The first kappa shape index (κ1) is 10.7. The number of pyridine rings is 1. The zero-order valence-corrected chi connectivity index (χ0v) is 9.67. The summed E-state index contributed by atoms with van der Waals surface area (Å²) >= 11 is 5.76. The molecule has 2 nitrogen and oxygen atoms in total. The maximum Gasteiger partial charge on any atom is 0.129 e. The lowest BCUT2D eigenvalue weighted by Crippen LogP contribution is -2.28. The van der Waals surface area contributed by atoms with Crippen LogP contribution in [-0.2, 0) is 0 Å². The van der Waals surface area contributed by atoms with Crippen molar-refractivity contribution in [2.75, 3.05) is 19.6 Å². The summed E-state index contributed by atoms with van der Waals surface area (Å²) in [6.07, 6.45) is 5.25. The number of aromatic nitrogens is 1. The van der Waals surface area contributed by atoms with E-state index in [0.717, 1.165) is 26.1 Å². The lowest BCUT2D eigenvalue weighted by molar-refractivity contribution is 0.318. The Morgan fingerprint density at radius 2 is 2.33 bits per heavy atom. The minimum atomic E-state index is 0.561. The van der Waals surface area contributed by atoms with E-state index in [1.54, 1.807) is 0 Å². The number of hydrogen-bond donors (Lipinski definition) is 0. The third-order valence-corrected chi connectivity index (χ3v) is 3.06. The molecule has 1 aromatic heterocycles. The van der Waals surface area contributed by atoms with E-state index in [1.807, 2.05) is 18.3 Å². The fraction of sp³-hybridized carbons (Fsp3) is 0.417. The molecule has 0 bridgehead atoms. The van der Waals surface area contributed by atoms with Crippen LogP contribution in [0.25, 0.3) is 5.57 Å². The highest BCUT2D eigenvalue weighted by molar-refractivity contribution is 6.29. The molecule has 0 fully saturated rings. The highest BCUT2D eigenvalue weighted by Gasteiger charge is 2.11. The lowest BCUT2D eigenvalue weighted by Gasteiger charge is -2.24. The minimum Gasteiger partial charge on any atom is -0.300 e. The van der Waals surface area contributed by atoms with Crippen LogP contribution in [0.3, 0.4) is 0 Å². The van der Waals surface area contributed by atoms with Gasteiger partial charge in [-0.1, -0.05) is 30.7 Å². The van der Waals surface area contributed by atoms with Crippen molar-refractivity contribution in [2.45, 2.75) is 13.3 Å². The maximum absolute atomic E-state index is 5.76. The standard InChI is InChI=1S/C12H15ClN2/c1-2-15-7-5-10(6-8-15)11-3-4-12(13)14-9-11/h3-5,9H,2,6-8H2,1H3. The topological polar surface area (TPSA) is 16.1 Å². The number of nitrogens with zero attached hydrogens (tertiary/aromatic N) is 2. The van der Waals surface area contributed by atoms with Gasteiger partial charge in [-0.05, 0) is 30.2 Å². The molecule has 1 aromatic rings. The first-order valence-electron chi connectivity index (χ1n) is 5.33. The van der Waals surface area contributed by atoms with Gasteiger partial charge >= 0.3 is 0 Å². The summed E-state index contributed by atoms with van der Waals surface area (Å²) in [5.74, 6) is 0. The summed E-state index contributed by atoms with van der Waals surface area (Å²) in [6.45, 7) is 5.52. The van der Waals surface area contributed by atoms with Crippen LogP contribution in [0.1, 0.15) is 18.9 Å². The van der Waals surface area contributed by atoms with Crippen LogP contribution in [0.4, 0.5) is 0 Å². The van der Waals surface area contributed by atoms with Crippen molar-refractivity contribution in [3.05, 3.63) is 35.1 Å². The van der Waals surface area contributed by atoms with Gasteiger partial charge < -0.3 is 0 Å². The van der Waals surface area contributed by atoms with Gasteiger partial charge in [-0.3, -0.25) is 4.90 Å². The van der Waals surface area contributed by atoms with Gasteiger partial charge in [0, 0.05) is 19.3 Å². The second-order valence-corrected chi connectivity index (χ2v) is 4.13. The predicted molar refractivity (Wildman–Crippen MR) is 64.0 cm³/mol. The molecule has 1 aliphatic heterocycles. The molecule has 0 radical (unpaired) electrons. The average molecular weight is 223 g/mol. The van der Waals surface area contributed by atoms with E-state index in [2.05, 4.69) is 22.9 Å². The third-order valence-electron chi connectivity index (χ3n) is 2.84. The van der Waals surface area contributed by atoms with Crippen molar-refractivity contribution in [1.82, 2.24) is 9.88 Å². The molecule has 15 heavy (non-hydrogen) atoms. The molecular weight excluding hydrogens is 208 g/mol. The molecule has 0 saturated carbocycles. The fourth-order valence-electron chi connectivity index (χ4n) is 1.83. The van der Waals surface area contributed by atoms with E-state index in [-0.39, 0.29) is 0 Å². The van der Waals surface area contributed by atoms with Gasteiger partial charge in [-0.2, -0.15) is 0 Å². The van der Waals surface area contributed by atoms with E-state index in [4.69, 9.17) is 11.6 Å². The first-order chi connectivity index (χ1) is 7.29. The normalized spacial score (nSPS) is 17.6. The number of likely N-dealkylation sites (N-methyl/N-ethyl adjacent to an activating group) is 1. The van der Waals surface area contributed by atoms with Gasteiger partial charge in [0.2, 0.25) is 0 Å². The Bertz CT molecular complexity index is 356.